The van der Waals surface area contributed by atoms with Crippen LogP contribution in [0.1, 0.15) is 73.8 Å². The first kappa shape index (κ1) is 41.0. The first-order valence-corrected chi connectivity index (χ1v) is 18.9. The van der Waals surface area contributed by atoms with Gasteiger partial charge in [0.05, 0.1) is 6.10 Å². The van der Waals surface area contributed by atoms with Gasteiger partial charge in [-0.15, -0.1) is 12.3 Å². The number of carbonyl (C=O) groups is 4. The smallest absolute Gasteiger partial charge is 0.358 e. The molecule has 3 amide bonds. The molecular weight excluding hydrogens is 716 g/mol. The molecule has 294 valence electrons. The van der Waals surface area contributed by atoms with Gasteiger partial charge in [0, 0.05) is 57.1 Å². The molecule has 1 aliphatic heterocycles. The number of unbranched alkanes of at least 4 members (excludes halogenated alkanes) is 3. The van der Waals surface area contributed by atoms with Crippen LogP contribution in [0.3, 0.4) is 0 Å². The molecule has 5 rings (SSSR count). The highest BCUT2D eigenvalue weighted by molar-refractivity contribution is 5.88. The SMILES string of the molecule is C#CCCCC(=O)N(CC1CCCO1)C(COc1ccc(-c2cc(C(=O)O)no2)cc1)C(=O)NCCCCCC(=O)NCc1ccc(Oc2ccccc2)cc1. The molecule has 13 nitrogen and oxygen atoms in total. The van der Waals surface area contributed by atoms with E-state index in [1.165, 1.54) is 6.07 Å². The molecule has 4 aromatic rings. The van der Waals surface area contributed by atoms with Gasteiger partial charge in [0.1, 0.15) is 29.9 Å². The van der Waals surface area contributed by atoms with Crippen LogP contribution in [-0.4, -0.2) is 77.3 Å². The van der Waals surface area contributed by atoms with Crippen LogP contribution >= 0.6 is 0 Å². The third-order valence-electron chi connectivity index (χ3n) is 9.18. The van der Waals surface area contributed by atoms with Gasteiger partial charge in [-0.2, -0.15) is 0 Å². The van der Waals surface area contributed by atoms with Crippen molar-refractivity contribution in [2.75, 3.05) is 26.3 Å². The quantitative estimate of drug-likeness (QED) is 0.0603. The molecule has 0 saturated carbocycles. The third-order valence-corrected chi connectivity index (χ3v) is 9.18. The fourth-order valence-electron chi connectivity index (χ4n) is 6.11. The van der Waals surface area contributed by atoms with Gasteiger partial charge >= 0.3 is 5.97 Å². The number of hydrogen-bond acceptors (Lipinski definition) is 9. The van der Waals surface area contributed by atoms with Gasteiger partial charge in [-0.1, -0.05) is 41.9 Å². The Kier molecular flexibility index (Phi) is 15.9. The molecule has 0 aliphatic carbocycles. The van der Waals surface area contributed by atoms with Crippen molar-refractivity contribution in [1.29, 1.82) is 0 Å². The van der Waals surface area contributed by atoms with Crippen LogP contribution in [0.15, 0.2) is 89.5 Å². The highest BCUT2D eigenvalue weighted by Crippen LogP contribution is 2.25. The summed E-state index contributed by atoms with van der Waals surface area (Å²) in [7, 11) is 0. The summed E-state index contributed by atoms with van der Waals surface area (Å²) >= 11 is 0. The molecule has 1 saturated heterocycles. The lowest BCUT2D eigenvalue weighted by atomic mass is 10.1. The van der Waals surface area contributed by atoms with Gasteiger partial charge < -0.3 is 39.4 Å². The Morgan fingerprint density at radius 3 is 2.36 bits per heavy atom. The van der Waals surface area contributed by atoms with Crippen molar-refractivity contribution in [2.45, 2.75) is 76.5 Å². The molecule has 0 radical (unpaired) electrons. The van der Waals surface area contributed by atoms with E-state index in [4.69, 9.17) is 30.3 Å². The van der Waals surface area contributed by atoms with Crippen LogP contribution in [0.5, 0.6) is 17.2 Å². The maximum Gasteiger partial charge on any atom is 0.358 e. The van der Waals surface area contributed by atoms with Crippen molar-refractivity contribution >= 4 is 23.7 Å². The highest BCUT2D eigenvalue weighted by Gasteiger charge is 2.33. The maximum atomic E-state index is 13.8. The topological polar surface area (TPSA) is 170 Å². The monoisotopic (exact) mass is 764 g/mol. The summed E-state index contributed by atoms with van der Waals surface area (Å²) in [5, 5.41) is 18.6. The van der Waals surface area contributed by atoms with E-state index in [0.29, 0.717) is 68.9 Å². The average molecular weight is 765 g/mol. The van der Waals surface area contributed by atoms with Gasteiger partial charge in [0.25, 0.3) is 0 Å². The Balaban J connectivity index is 1.11. The second-order valence-electron chi connectivity index (χ2n) is 13.4. The Morgan fingerprint density at radius 2 is 1.66 bits per heavy atom. The second-order valence-corrected chi connectivity index (χ2v) is 13.4. The molecule has 1 aromatic heterocycles. The zero-order chi connectivity index (χ0) is 39.5. The normalized spacial score (nSPS) is 13.9. The number of aromatic nitrogens is 1. The van der Waals surface area contributed by atoms with Crippen LogP contribution in [-0.2, 0) is 25.7 Å². The van der Waals surface area contributed by atoms with E-state index >= 15 is 0 Å². The molecule has 56 heavy (non-hydrogen) atoms. The van der Waals surface area contributed by atoms with E-state index in [1.807, 2.05) is 54.6 Å². The van der Waals surface area contributed by atoms with E-state index in [0.717, 1.165) is 30.6 Å². The number of aromatic carboxylic acids is 1. The molecule has 2 atom stereocenters. The number of carboxylic acids is 1. The summed E-state index contributed by atoms with van der Waals surface area (Å²) in [5.74, 6) is 2.94. The van der Waals surface area contributed by atoms with Crippen molar-refractivity contribution < 1.29 is 43.0 Å². The van der Waals surface area contributed by atoms with Gasteiger partial charge in [-0.25, -0.2) is 4.79 Å². The molecule has 0 bridgehead atoms. The number of amides is 3. The standard InChI is InChI=1S/C43H48N4O9/c1-2-3-6-16-41(49)47(29-36-14-11-26-53-36)38(30-54-33-23-19-32(20-24-33)39-27-37(43(51)52)46-56-39)42(50)44-25-10-5-9-15-40(48)45-28-31-17-21-35(22-18-31)55-34-12-7-4-8-13-34/h1,4,7-8,12-13,17-24,27,36,38H,3,5-6,9-11,14-16,25-26,28-30H2,(H,44,50)(H,45,48)(H,51,52). The first-order valence-electron chi connectivity index (χ1n) is 18.9. The summed E-state index contributed by atoms with van der Waals surface area (Å²) in [6.45, 7) is 1.49. The van der Waals surface area contributed by atoms with Crippen molar-refractivity contribution in [3.05, 3.63) is 96.2 Å². The molecule has 1 fully saturated rings. The number of para-hydroxylation sites is 1. The largest absolute Gasteiger partial charge is 0.491 e. The van der Waals surface area contributed by atoms with Crippen LogP contribution in [0.25, 0.3) is 11.3 Å². The molecule has 2 heterocycles. The predicted octanol–water partition coefficient (Wildman–Crippen LogP) is 6.38. The minimum Gasteiger partial charge on any atom is -0.491 e. The fraction of sp³-hybridized carbons (Fsp3) is 0.372. The minimum absolute atomic E-state index is 0.0529. The lowest BCUT2D eigenvalue weighted by Gasteiger charge is -2.32. The van der Waals surface area contributed by atoms with E-state index in [9.17, 15) is 19.2 Å². The van der Waals surface area contributed by atoms with Crippen molar-refractivity contribution in [3.8, 4) is 40.9 Å². The number of carbonyl (C=O) groups excluding carboxylic acids is 3. The van der Waals surface area contributed by atoms with Gasteiger partial charge in [0.15, 0.2) is 11.5 Å². The summed E-state index contributed by atoms with van der Waals surface area (Å²) in [4.78, 5) is 52.6. The lowest BCUT2D eigenvalue weighted by molar-refractivity contribution is -0.143. The highest BCUT2D eigenvalue weighted by atomic mass is 16.5. The Morgan fingerprint density at radius 1 is 0.911 bits per heavy atom. The number of nitrogens with one attached hydrogen (secondary N) is 2. The van der Waals surface area contributed by atoms with Gasteiger partial charge in [-0.3, -0.25) is 14.4 Å². The van der Waals surface area contributed by atoms with Gasteiger partial charge in [0.2, 0.25) is 17.7 Å². The molecule has 0 spiro atoms. The molecule has 1 aliphatic rings. The van der Waals surface area contributed by atoms with Gasteiger partial charge in [-0.05, 0) is 86.2 Å². The molecule has 2 unspecified atom stereocenters. The van der Waals surface area contributed by atoms with Crippen LogP contribution < -0.4 is 20.1 Å². The Labute approximate surface area is 326 Å². The number of carboxylic acid groups (broad SMARTS) is 1. The third kappa shape index (κ3) is 13.0. The summed E-state index contributed by atoms with van der Waals surface area (Å²) in [5.41, 5.74) is 1.34. The minimum atomic E-state index is -1.20. The number of terminal acetylenes is 1. The van der Waals surface area contributed by atoms with Crippen LogP contribution in [0, 0.1) is 12.3 Å². The van der Waals surface area contributed by atoms with E-state index in [-0.39, 0.29) is 54.9 Å². The van der Waals surface area contributed by atoms with Crippen LogP contribution in [0.4, 0.5) is 0 Å². The van der Waals surface area contributed by atoms with Crippen molar-refractivity contribution in [2.24, 2.45) is 0 Å². The summed E-state index contributed by atoms with van der Waals surface area (Å²) < 4.78 is 22.9. The number of ether oxygens (including phenoxy) is 3. The van der Waals surface area contributed by atoms with E-state index < -0.39 is 12.0 Å². The van der Waals surface area contributed by atoms with Crippen molar-refractivity contribution in [3.63, 3.8) is 0 Å². The Hall–Kier alpha value is -6.13. The fourth-order valence-corrected chi connectivity index (χ4v) is 6.11. The summed E-state index contributed by atoms with van der Waals surface area (Å²) in [6, 6.07) is 24.2. The van der Waals surface area contributed by atoms with E-state index in [1.54, 1.807) is 29.2 Å². The number of hydrogen-bond donors (Lipinski definition) is 3. The zero-order valence-electron chi connectivity index (χ0n) is 31.3. The lowest BCUT2D eigenvalue weighted by Crippen LogP contribution is -2.54. The number of rotatable bonds is 22. The number of benzene rings is 3. The predicted molar refractivity (Wildman–Crippen MR) is 208 cm³/mol. The van der Waals surface area contributed by atoms with E-state index in [2.05, 4.69) is 21.7 Å². The molecular formula is C43H48N4O9. The number of nitrogens with zero attached hydrogens (tertiary/aromatic N) is 2. The van der Waals surface area contributed by atoms with Crippen molar-refractivity contribution in [1.82, 2.24) is 20.7 Å². The average Bonchev–Trinajstić information content (AvgIpc) is 3.93. The maximum absolute atomic E-state index is 13.8. The van der Waals surface area contributed by atoms with Crippen LogP contribution in [0.2, 0.25) is 0 Å². The second kappa shape index (κ2) is 21.7. The molecule has 13 heteroatoms. The zero-order valence-corrected chi connectivity index (χ0v) is 31.3. The summed E-state index contributed by atoms with van der Waals surface area (Å²) in [6.07, 6.45) is 10.4. The molecule has 3 aromatic carbocycles. The first-order chi connectivity index (χ1) is 27.3. The molecule has 3 N–H and O–H groups in total. The Bertz CT molecular complexity index is 1900.